The van der Waals surface area contributed by atoms with Crippen molar-refractivity contribution in [3.63, 3.8) is 0 Å². The van der Waals surface area contributed by atoms with Crippen molar-refractivity contribution in [1.82, 2.24) is 16.0 Å². The van der Waals surface area contributed by atoms with Gasteiger partial charge in [-0.05, 0) is 68.5 Å². The largest absolute Gasteiger partial charge is 0.508 e. The maximum atomic E-state index is 13.4. The average molecular weight is 589 g/mol. The van der Waals surface area contributed by atoms with Crippen molar-refractivity contribution >= 4 is 45.3 Å². The molecular weight excluding hydrogens is 552 g/mol. The van der Waals surface area contributed by atoms with Crippen LogP contribution in [-0.4, -0.2) is 68.6 Å². The quantitative estimate of drug-likeness (QED) is 0.264. The lowest BCUT2D eigenvalue weighted by Crippen LogP contribution is -2.59. The highest BCUT2D eigenvalue weighted by Gasteiger charge is 2.40. The SMILES string of the molecule is Cc1cc(O)cc(C)c1C[C@H](N)C(=O)N[C@H]1CSSC(C)(C)[C@@H](C(=O)O)NC(=O)[C@H](Cc2ccccc2)NC1=O. The molecule has 1 aliphatic heterocycles. The van der Waals surface area contributed by atoms with Crippen LogP contribution in [0.1, 0.15) is 36.1 Å². The lowest BCUT2D eigenvalue weighted by Gasteiger charge is -2.31. The molecule has 1 heterocycles. The van der Waals surface area contributed by atoms with E-state index in [2.05, 4.69) is 16.0 Å². The molecule has 0 saturated carbocycles. The zero-order valence-electron chi connectivity index (χ0n) is 22.9. The number of rotatable bonds is 7. The highest BCUT2D eigenvalue weighted by molar-refractivity contribution is 8.77. The van der Waals surface area contributed by atoms with Crippen molar-refractivity contribution < 1.29 is 29.4 Å². The summed E-state index contributed by atoms with van der Waals surface area (Å²) in [7, 11) is 2.44. The van der Waals surface area contributed by atoms with E-state index in [-0.39, 0.29) is 24.3 Å². The zero-order chi connectivity index (χ0) is 29.6. The van der Waals surface area contributed by atoms with Gasteiger partial charge in [-0.3, -0.25) is 14.4 Å². The van der Waals surface area contributed by atoms with Crippen molar-refractivity contribution in [3.8, 4) is 5.75 Å². The Bertz CT molecular complexity index is 1230. The second-order valence-electron chi connectivity index (χ2n) is 10.4. The molecule has 4 atom stereocenters. The standard InChI is InChI=1S/C28H36N4O6S2/c1-15-10-18(33)11-16(2)19(15)13-20(29)24(34)31-22-14-39-40-28(3,4)23(27(37)38)32-25(35)21(30-26(22)36)12-17-8-6-5-7-9-17/h5-11,20-23,33H,12-14,29H2,1-4H3,(H,30,36)(H,31,34)(H,32,35)(H,37,38)/t20-,21-,22-,23+/m0/s1. The minimum absolute atomic E-state index is 0.119. The second kappa shape index (κ2) is 13.4. The van der Waals surface area contributed by atoms with E-state index in [1.807, 2.05) is 19.9 Å². The number of carboxylic acids is 1. The second-order valence-corrected chi connectivity index (χ2v) is 13.4. The molecule has 7 N–H and O–H groups in total. The van der Waals surface area contributed by atoms with E-state index in [0.29, 0.717) is 0 Å². The highest BCUT2D eigenvalue weighted by Crippen LogP contribution is 2.39. The summed E-state index contributed by atoms with van der Waals surface area (Å²) in [5.41, 5.74) is 9.44. The number of hydrogen-bond donors (Lipinski definition) is 6. The van der Waals surface area contributed by atoms with E-state index < -0.39 is 52.6 Å². The van der Waals surface area contributed by atoms with E-state index >= 15 is 0 Å². The van der Waals surface area contributed by atoms with Gasteiger partial charge in [0.1, 0.15) is 23.9 Å². The number of phenols is 1. The van der Waals surface area contributed by atoms with Gasteiger partial charge >= 0.3 is 5.97 Å². The smallest absolute Gasteiger partial charge is 0.327 e. The molecule has 12 heteroatoms. The Morgan fingerprint density at radius 1 is 1.10 bits per heavy atom. The van der Waals surface area contributed by atoms with Crippen molar-refractivity contribution in [2.75, 3.05) is 5.75 Å². The number of carbonyl (C=O) groups excluding carboxylic acids is 3. The van der Waals surface area contributed by atoms with Gasteiger partial charge < -0.3 is 31.9 Å². The summed E-state index contributed by atoms with van der Waals surface area (Å²) in [5, 5.41) is 27.7. The van der Waals surface area contributed by atoms with Gasteiger partial charge in [0, 0.05) is 12.2 Å². The molecule has 10 nitrogen and oxygen atoms in total. The van der Waals surface area contributed by atoms with E-state index in [1.54, 1.807) is 50.2 Å². The Morgan fingerprint density at radius 3 is 2.33 bits per heavy atom. The van der Waals surface area contributed by atoms with Crippen molar-refractivity contribution in [1.29, 1.82) is 0 Å². The number of nitrogens with one attached hydrogen (secondary N) is 3. The van der Waals surface area contributed by atoms with Crippen LogP contribution in [0.15, 0.2) is 42.5 Å². The predicted molar refractivity (Wildman–Crippen MR) is 157 cm³/mol. The molecule has 0 spiro atoms. The average Bonchev–Trinajstić information content (AvgIpc) is 2.88. The molecule has 2 aromatic rings. The normalized spacial score (nSPS) is 22.3. The summed E-state index contributed by atoms with van der Waals surface area (Å²) in [6, 6.07) is 7.96. The lowest BCUT2D eigenvalue weighted by atomic mass is 9.96. The Balaban J connectivity index is 1.84. The number of aromatic hydroxyl groups is 1. The summed E-state index contributed by atoms with van der Waals surface area (Å²) >= 11 is 0. The van der Waals surface area contributed by atoms with Crippen LogP contribution in [0.25, 0.3) is 0 Å². The first-order chi connectivity index (χ1) is 18.8. The van der Waals surface area contributed by atoms with Gasteiger partial charge in [0.2, 0.25) is 17.7 Å². The van der Waals surface area contributed by atoms with Gasteiger partial charge in [-0.1, -0.05) is 51.9 Å². The van der Waals surface area contributed by atoms with Crippen molar-refractivity contribution in [2.45, 2.75) is 69.5 Å². The first-order valence-electron chi connectivity index (χ1n) is 12.8. The molecule has 0 unspecified atom stereocenters. The molecule has 0 aromatic heterocycles. The number of aliphatic carboxylic acids is 1. The molecule has 0 aliphatic carbocycles. The van der Waals surface area contributed by atoms with Gasteiger partial charge in [-0.25, -0.2) is 4.79 Å². The van der Waals surface area contributed by atoms with Gasteiger partial charge in [-0.15, -0.1) is 0 Å². The minimum Gasteiger partial charge on any atom is -0.508 e. The van der Waals surface area contributed by atoms with Gasteiger partial charge in [0.05, 0.1) is 10.8 Å². The van der Waals surface area contributed by atoms with Crippen molar-refractivity contribution in [2.24, 2.45) is 5.73 Å². The van der Waals surface area contributed by atoms with E-state index in [9.17, 15) is 29.4 Å². The van der Waals surface area contributed by atoms with Crippen LogP contribution < -0.4 is 21.7 Å². The maximum Gasteiger partial charge on any atom is 0.327 e. The molecule has 0 radical (unpaired) electrons. The third-order valence-corrected chi connectivity index (χ3v) is 10.0. The number of carbonyl (C=O) groups is 4. The topological polar surface area (TPSA) is 171 Å². The number of phenolic OH excluding ortho intramolecular Hbond substituents is 1. The number of amides is 3. The van der Waals surface area contributed by atoms with Gasteiger partial charge in [0.25, 0.3) is 0 Å². The van der Waals surface area contributed by atoms with Crippen LogP contribution in [0.4, 0.5) is 0 Å². The van der Waals surface area contributed by atoms with Crippen LogP contribution in [0.5, 0.6) is 5.75 Å². The fourth-order valence-corrected chi connectivity index (χ4v) is 7.29. The fourth-order valence-electron chi connectivity index (χ4n) is 4.48. The molecule has 3 amide bonds. The summed E-state index contributed by atoms with van der Waals surface area (Å²) in [4.78, 5) is 51.9. The molecule has 0 bridgehead atoms. The molecule has 1 aliphatic rings. The van der Waals surface area contributed by atoms with Gasteiger partial charge in [0.15, 0.2) is 0 Å². The molecule has 3 rings (SSSR count). The molecule has 40 heavy (non-hydrogen) atoms. The summed E-state index contributed by atoms with van der Waals surface area (Å²) < 4.78 is -0.935. The van der Waals surface area contributed by atoms with Gasteiger partial charge in [-0.2, -0.15) is 0 Å². The Kier molecular flexibility index (Phi) is 10.5. The lowest BCUT2D eigenvalue weighted by molar-refractivity contribution is -0.143. The molecule has 1 fully saturated rings. The van der Waals surface area contributed by atoms with E-state index in [1.165, 1.54) is 21.6 Å². The Labute approximate surface area is 241 Å². The van der Waals surface area contributed by atoms with Crippen LogP contribution in [0.2, 0.25) is 0 Å². The Hall–Kier alpha value is -3.22. The molecule has 1 saturated heterocycles. The first kappa shape index (κ1) is 31.3. The van der Waals surface area contributed by atoms with Crippen LogP contribution in [0.3, 0.4) is 0 Å². The molecular formula is C28H36N4O6S2. The van der Waals surface area contributed by atoms with E-state index in [4.69, 9.17) is 5.73 Å². The number of nitrogens with two attached hydrogens (primary N) is 1. The summed E-state index contributed by atoms with van der Waals surface area (Å²) in [5.74, 6) is -2.69. The number of hydrogen-bond acceptors (Lipinski definition) is 8. The predicted octanol–water partition coefficient (Wildman–Crippen LogP) is 1.83. The van der Waals surface area contributed by atoms with E-state index in [0.717, 1.165) is 22.3 Å². The number of benzene rings is 2. The van der Waals surface area contributed by atoms with Crippen LogP contribution in [0, 0.1) is 13.8 Å². The Morgan fingerprint density at radius 2 is 1.73 bits per heavy atom. The molecule has 2 aromatic carbocycles. The summed E-state index contributed by atoms with van der Waals surface area (Å²) in [6.07, 6.45) is 0.331. The van der Waals surface area contributed by atoms with Crippen molar-refractivity contribution in [3.05, 3.63) is 64.7 Å². The number of aryl methyl sites for hydroxylation is 2. The van der Waals surface area contributed by atoms with Crippen LogP contribution >= 0.6 is 21.6 Å². The fraction of sp³-hybridized carbons (Fsp3) is 0.429. The first-order valence-corrected chi connectivity index (χ1v) is 15.1. The summed E-state index contributed by atoms with van der Waals surface area (Å²) in [6.45, 7) is 7.05. The molecule has 216 valence electrons. The number of carboxylic acid groups (broad SMARTS) is 1. The third kappa shape index (κ3) is 8.15. The minimum atomic E-state index is -1.22. The van der Waals surface area contributed by atoms with Crippen LogP contribution in [-0.2, 0) is 32.0 Å². The highest BCUT2D eigenvalue weighted by atomic mass is 33.1. The third-order valence-electron chi connectivity index (χ3n) is 6.73. The monoisotopic (exact) mass is 588 g/mol. The maximum absolute atomic E-state index is 13.4. The zero-order valence-corrected chi connectivity index (χ0v) is 24.5.